The molecule has 1 aliphatic carbocycles. The van der Waals surface area contributed by atoms with Crippen LogP contribution < -0.4 is 5.32 Å². The van der Waals surface area contributed by atoms with Gasteiger partial charge in [-0.25, -0.2) is 9.69 Å². The molecule has 0 bridgehead atoms. The molecule has 4 fully saturated rings. The van der Waals surface area contributed by atoms with Gasteiger partial charge in [0.25, 0.3) is 5.91 Å². The van der Waals surface area contributed by atoms with E-state index in [1.54, 1.807) is 6.92 Å². The predicted octanol–water partition coefficient (Wildman–Crippen LogP) is 1.59. The second kappa shape index (κ2) is 8.46. The number of hydrogen-bond donors (Lipinski definition) is 1. The van der Waals surface area contributed by atoms with Gasteiger partial charge in [-0.3, -0.25) is 14.5 Å². The minimum Gasteiger partial charge on any atom is -0.373 e. The van der Waals surface area contributed by atoms with Gasteiger partial charge in [-0.05, 0) is 52.4 Å². The van der Waals surface area contributed by atoms with Crippen LogP contribution in [-0.2, 0) is 14.3 Å². The highest BCUT2D eigenvalue weighted by Crippen LogP contribution is 2.36. The Kier molecular flexibility index (Phi) is 6.08. The number of nitrogens with one attached hydrogen (secondary N) is 1. The molecule has 3 saturated heterocycles. The normalized spacial score (nSPS) is 31.4. The van der Waals surface area contributed by atoms with Crippen LogP contribution in [0, 0.1) is 5.92 Å². The van der Waals surface area contributed by atoms with Crippen LogP contribution in [0.25, 0.3) is 0 Å². The van der Waals surface area contributed by atoms with E-state index in [2.05, 4.69) is 24.1 Å². The van der Waals surface area contributed by atoms with Crippen LogP contribution in [0.5, 0.6) is 0 Å². The van der Waals surface area contributed by atoms with Crippen LogP contribution >= 0.6 is 0 Å². The van der Waals surface area contributed by atoms with E-state index in [1.807, 2.05) is 4.90 Å². The van der Waals surface area contributed by atoms with Gasteiger partial charge >= 0.3 is 6.03 Å². The summed E-state index contributed by atoms with van der Waals surface area (Å²) in [5.41, 5.74) is -0.759. The topological polar surface area (TPSA) is 82.2 Å². The zero-order valence-electron chi connectivity index (χ0n) is 18.6. The average molecular weight is 421 g/mol. The summed E-state index contributed by atoms with van der Waals surface area (Å²) in [6.07, 6.45) is 5.70. The van der Waals surface area contributed by atoms with Crippen molar-refractivity contribution in [2.75, 3.05) is 32.7 Å². The monoisotopic (exact) mass is 420 g/mol. The van der Waals surface area contributed by atoms with Crippen LogP contribution in [0.15, 0.2) is 0 Å². The molecule has 0 aromatic rings. The summed E-state index contributed by atoms with van der Waals surface area (Å²) in [4.78, 5) is 44.0. The standard InChI is InChI=1S/C22H36N4O4/c1-15-12-24(13-16(2)30-15)14-18-6-10-25(11-7-18)19(27)17(3)26-20(28)22(23-21(26)29)8-4-5-9-22/h15-18H,4-14H2,1-3H3,(H,23,29). The Labute approximate surface area is 179 Å². The minimum absolute atomic E-state index is 0.111. The van der Waals surface area contributed by atoms with Gasteiger partial charge in [0.2, 0.25) is 5.91 Å². The third-order valence-corrected chi connectivity index (χ3v) is 7.33. The number of piperidine rings is 1. The lowest BCUT2D eigenvalue weighted by molar-refractivity contribution is -0.143. The van der Waals surface area contributed by atoms with E-state index in [9.17, 15) is 14.4 Å². The van der Waals surface area contributed by atoms with E-state index in [4.69, 9.17) is 4.74 Å². The van der Waals surface area contributed by atoms with Crippen molar-refractivity contribution in [1.82, 2.24) is 20.0 Å². The molecule has 3 aliphatic heterocycles. The Hall–Kier alpha value is -1.67. The number of morpholine rings is 1. The molecule has 0 radical (unpaired) electrons. The van der Waals surface area contributed by atoms with Gasteiger partial charge in [-0.1, -0.05) is 12.8 Å². The van der Waals surface area contributed by atoms with Crippen LogP contribution in [0.1, 0.15) is 59.3 Å². The van der Waals surface area contributed by atoms with Crippen molar-refractivity contribution in [2.45, 2.75) is 83.1 Å². The minimum atomic E-state index is -0.759. The van der Waals surface area contributed by atoms with Gasteiger partial charge in [0.05, 0.1) is 12.2 Å². The zero-order chi connectivity index (χ0) is 21.5. The van der Waals surface area contributed by atoms with Crippen molar-refractivity contribution in [3.05, 3.63) is 0 Å². The molecule has 168 valence electrons. The number of nitrogens with zero attached hydrogens (tertiary/aromatic N) is 3. The number of carbonyl (C=O) groups excluding carboxylic acids is 3. The summed E-state index contributed by atoms with van der Waals surface area (Å²) in [6, 6.07) is -1.15. The van der Waals surface area contributed by atoms with E-state index in [-0.39, 0.29) is 24.0 Å². The fraction of sp³-hybridized carbons (Fsp3) is 0.864. The maximum atomic E-state index is 13.1. The highest BCUT2D eigenvalue weighted by atomic mass is 16.5. The van der Waals surface area contributed by atoms with Crippen molar-refractivity contribution >= 4 is 17.8 Å². The molecular formula is C22H36N4O4. The Balaban J connectivity index is 1.30. The van der Waals surface area contributed by atoms with E-state index in [0.29, 0.717) is 31.8 Å². The molecule has 0 aromatic heterocycles. The second-order valence-electron chi connectivity index (χ2n) is 9.82. The number of ether oxygens (including phenoxy) is 1. The first-order valence-corrected chi connectivity index (χ1v) is 11.6. The van der Waals surface area contributed by atoms with Crippen molar-refractivity contribution in [1.29, 1.82) is 0 Å². The number of urea groups is 1. The third kappa shape index (κ3) is 4.08. The van der Waals surface area contributed by atoms with Crippen molar-refractivity contribution in [2.24, 2.45) is 5.92 Å². The summed E-state index contributed by atoms with van der Waals surface area (Å²) in [7, 11) is 0. The van der Waals surface area contributed by atoms with Crippen LogP contribution in [0.3, 0.4) is 0 Å². The molecule has 1 N–H and O–H groups in total. The van der Waals surface area contributed by atoms with Gasteiger partial charge in [0, 0.05) is 32.7 Å². The Morgan fingerprint density at radius 2 is 1.73 bits per heavy atom. The lowest BCUT2D eigenvalue weighted by atomic mass is 9.95. The number of rotatable bonds is 4. The second-order valence-corrected chi connectivity index (χ2v) is 9.82. The molecule has 1 spiro atoms. The Morgan fingerprint density at radius 3 is 2.33 bits per heavy atom. The summed E-state index contributed by atoms with van der Waals surface area (Å²) < 4.78 is 5.82. The number of amides is 4. The average Bonchev–Trinajstić information content (AvgIpc) is 3.25. The molecule has 3 heterocycles. The SMILES string of the molecule is CC1CN(CC2CCN(C(=O)C(C)N3C(=O)NC4(CCCC4)C3=O)CC2)CC(C)O1. The third-order valence-electron chi connectivity index (χ3n) is 7.33. The fourth-order valence-electron chi connectivity index (χ4n) is 5.82. The predicted molar refractivity (Wildman–Crippen MR) is 112 cm³/mol. The molecule has 1 saturated carbocycles. The molecule has 30 heavy (non-hydrogen) atoms. The van der Waals surface area contributed by atoms with Gasteiger partial charge in [-0.2, -0.15) is 0 Å². The number of hydrogen-bond acceptors (Lipinski definition) is 5. The lowest BCUT2D eigenvalue weighted by Crippen LogP contribution is -2.53. The van der Waals surface area contributed by atoms with E-state index in [1.165, 1.54) is 4.90 Å². The highest BCUT2D eigenvalue weighted by Gasteiger charge is 2.54. The first kappa shape index (κ1) is 21.6. The summed E-state index contributed by atoms with van der Waals surface area (Å²) in [6.45, 7) is 10.3. The quantitative estimate of drug-likeness (QED) is 0.699. The molecule has 4 aliphatic rings. The van der Waals surface area contributed by atoms with Crippen LogP contribution in [0.4, 0.5) is 4.79 Å². The molecule has 3 atom stereocenters. The molecule has 8 nitrogen and oxygen atoms in total. The number of carbonyl (C=O) groups is 3. The summed E-state index contributed by atoms with van der Waals surface area (Å²) >= 11 is 0. The van der Waals surface area contributed by atoms with Crippen LogP contribution in [-0.4, -0.2) is 89.1 Å². The summed E-state index contributed by atoms with van der Waals surface area (Å²) in [5, 5.41) is 2.88. The van der Waals surface area contributed by atoms with E-state index >= 15 is 0 Å². The molecule has 3 unspecified atom stereocenters. The Morgan fingerprint density at radius 1 is 1.13 bits per heavy atom. The molecule has 8 heteroatoms. The highest BCUT2D eigenvalue weighted by molar-refractivity contribution is 6.09. The maximum Gasteiger partial charge on any atom is 0.325 e. The fourth-order valence-corrected chi connectivity index (χ4v) is 5.82. The van der Waals surface area contributed by atoms with E-state index < -0.39 is 17.6 Å². The first-order chi connectivity index (χ1) is 14.3. The molecule has 4 amide bonds. The molecular weight excluding hydrogens is 384 g/mol. The molecule has 4 rings (SSSR count). The van der Waals surface area contributed by atoms with Crippen molar-refractivity contribution < 1.29 is 19.1 Å². The van der Waals surface area contributed by atoms with Crippen molar-refractivity contribution in [3.63, 3.8) is 0 Å². The first-order valence-electron chi connectivity index (χ1n) is 11.6. The number of likely N-dealkylation sites (tertiary alicyclic amines) is 1. The largest absolute Gasteiger partial charge is 0.373 e. The molecule has 0 aromatic carbocycles. The summed E-state index contributed by atoms with van der Waals surface area (Å²) in [5.74, 6) is 0.247. The Bertz CT molecular complexity index is 675. The van der Waals surface area contributed by atoms with Gasteiger partial charge in [0.1, 0.15) is 11.6 Å². The zero-order valence-corrected chi connectivity index (χ0v) is 18.6. The maximum absolute atomic E-state index is 13.1. The van der Waals surface area contributed by atoms with Crippen molar-refractivity contribution in [3.8, 4) is 0 Å². The van der Waals surface area contributed by atoms with Crippen LogP contribution in [0.2, 0.25) is 0 Å². The smallest absolute Gasteiger partial charge is 0.325 e. The van der Waals surface area contributed by atoms with Gasteiger partial charge < -0.3 is 15.0 Å². The van der Waals surface area contributed by atoms with Gasteiger partial charge in [-0.15, -0.1) is 0 Å². The van der Waals surface area contributed by atoms with E-state index in [0.717, 1.165) is 45.3 Å². The van der Waals surface area contributed by atoms with Gasteiger partial charge in [0.15, 0.2) is 0 Å². The number of imide groups is 1. The lowest BCUT2D eigenvalue weighted by Gasteiger charge is -2.40.